The van der Waals surface area contributed by atoms with E-state index in [1.54, 1.807) is 6.07 Å². The normalized spacial score (nSPS) is 10.8. The van der Waals surface area contributed by atoms with Gasteiger partial charge in [0.2, 0.25) is 5.91 Å². The Balaban J connectivity index is 0.00000392. The maximum Gasteiger partial charge on any atom is 0.227 e. The molecule has 0 atom stereocenters. The summed E-state index contributed by atoms with van der Waals surface area (Å²) in [5, 5.41) is 9.98. The number of carbonyl (C=O) groups excluding carboxylic acids is 1. The Kier molecular flexibility index (Phi) is 11.5. The maximum atomic E-state index is 12.0. The smallest absolute Gasteiger partial charge is 0.227 e. The molecule has 0 aliphatic rings. The van der Waals surface area contributed by atoms with Crippen molar-refractivity contribution in [3.05, 3.63) is 58.7 Å². The lowest BCUT2D eigenvalue weighted by Crippen LogP contribution is -2.38. The first-order valence-corrected chi connectivity index (χ1v) is 9.44. The molecule has 0 aliphatic carbocycles. The molecule has 0 saturated heterocycles. The fraction of sp³-hybridized carbons (Fsp3) is 0.350. The molecule has 0 aliphatic heterocycles. The van der Waals surface area contributed by atoms with Crippen molar-refractivity contribution in [1.82, 2.24) is 15.6 Å². The van der Waals surface area contributed by atoms with E-state index >= 15 is 0 Å². The maximum absolute atomic E-state index is 12.0. The summed E-state index contributed by atoms with van der Waals surface area (Å²) in [5.41, 5.74) is 2.03. The fourth-order valence-electron chi connectivity index (χ4n) is 2.45. The number of aliphatic imine (C=N–C) groups is 1. The van der Waals surface area contributed by atoms with Crippen LogP contribution in [0.3, 0.4) is 0 Å². The summed E-state index contributed by atoms with van der Waals surface area (Å²) >= 11 is 6.00. The molecule has 2 rings (SSSR count). The lowest BCUT2D eigenvalue weighted by atomic mass is 10.1. The lowest BCUT2D eigenvalue weighted by molar-refractivity contribution is -0.116. The molecule has 0 spiro atoms. The third kappa shape index (κ3) is 9.36. The molecule has 8 heteroatoms. The third-order valence-corrected chi connectivity index (χ3v) is 3.94. The van der Waals surface area contributed by atoms with Crippen molar-refractivity contribution in [3.8, 4) is 0 Å². The Labute approximate surface area is 188 Å². The average molecular weight is 516 g/mol. The van der Waals surface area contributed by atoms with Gasteiger partial charge in [-0.15, -0.1) is 24.0 Å². The molecule has 1 amide bonds. The largest absolute Gasteiger partial charge is 0.357 e. The summed E-state index contributed by atoms with van der Waals surface area (Å²) in [7, 11) is 0. The van der Waals surface area contributed by atoms with Crippen LogP contribution in [0.15, 0.2) is 47.5 Å². The second-order valence-corrected chi connectivity index (χ2v) is 6.47. The molecule has 0 fully saturated rings. The fourth-order valence-corrected chi connectivity index (χ4v) is 2.66. The molecule has 3 N–H and O–H groups in total. The Morgan fingerprint density at radius 2 is 1.96 bits per heavy atom. The van der Waals surface area contributed by atoms with Gasteiger partial charge in [0.15, 0.2) is 5.96 Å². The first-order chi connectivity index (χ1) is 13.1. The van der Waals surface area contributed by atoms with Crippen LogP contribution >= 0.6 is 35.6 Å². The molecule has 0 bridgehead atoms. The number of nitrogens with one attached hydrogen (secondary N) is 3. The number of guanidine groups is 1. The van der Waals surface area contributed by atoms with Gasteiger partial charge in [-0.1, -0.05) is 29.8 Å². The second-order valence-electron chi connectivity index (χ2n) is 6.03. The summed E-state index contributed by atoms with van der Waals surface area (Å²) in [6.45, 7) is 5.76. The highest BCUT2D eigenvalue weighted by atomic mass is 127. The summed E-state index contributed by atoms with van der Waals surface area (Å²) in [5.74, 6) is 1.16. The van der Waals surface area contributed by atoms with Crippen LogP contribution in [0.1, 0.15) is 24.6 Å². The number of nitrogens with zero attached hydrogens (tertiary/aromatic N) is 2. The van der Waals surface area contributed by atoms with E-state index in [0.29, 0.717) is 24.7 Å². The van der Waals surface area contributed by atoms with Crippen molar-refractivity contribution < 1.29 is 4.79 Å². The van der Waals surface area contributed by atoms with E-state index in [2.05, 4.69) is 25.9 Å². The van der Waals surface area contributed by atoms with Crippen molar-refractivity contribution in [1.29, 1.82) is 0 Å². The Morgan fingerprint density at radius 3 is 2.68 bits per heavy atom. The van der Waals surface area contributed by atoms with Gasteiger partial charge in [-0.25, -0.2) is 4.98 Å². The van der Waals surface area contributed by atoms with E-state index in [0.717, 1.165) is 35.8 Å². The van der Waals surface area contributed by atoms with E-state index < -0.39 is 0 Å². The highest BCUT2D eigenvalue weighted by molar-refractivity contribution is 14.0. The van der Waals surface area contributed by atoms with E-state index in [1.807, 2.05) is 50.2 Å². The Bertz CT molecular complexity index is 785. The molecule has 0 saturated carbocycles. The minimum Gasteiger partial charge on any atom is -0.357 e. The number of aryl methyl sites for hydroxylation is 1. The molecule has 1 aromatic heterocycles. The summed E-state index contributed by atoms with van der Waals surface area (Å²) in [6.07, 6.45) is 1.13. The van der Waals surface area contributed by atoms with Gasteiger partial charge < -0.3 is 16.0 Å². The van der Waals surface area contributed by atoms with Crippen molar-refractivity contribution in [3.63, 3.8) is 0 Å². The number of amides is 1. The number of hydrogen-bond acceptors (Lipinski definition) is 3. The number of carbonyl (C=O) groups is 1. The highest BCUT2D eigenvalue weighted by Gasteiger charge is 2.04. The van der Waals surface area contributed by atoms with Gasteiger partial charge in [-0.3, -0.25) is 9.79 Å². The van der Waals surface area contributed by atoms with Crippen LogP contribution < -0.4 is 16.0 Å². The number of anilines is 1. The van der Waals surface area contributed by atoms with E-state index in [4.69, 9.17) is 11.6 Å². The minimum atomic E-state index is -0.105. The van der Waals surface area contributed by atoms with Crippen LogP contribution in [0.4, 0.5) is 5.82 Å². The monoisotopic (exact) mass is 515 g/mol. The molecule has 2 aromatic rings. The predicted molar refractivity (Wildman–Crippen MR) is 127 cm³/mol. The van der Waals surface area contributed by atoms with Gasteiger partial charge in [0, 0.05) is 30.2 Å². The van der Waals surface area contributed by atoms with Crippen molar-refractivity contribution >= 4 is 53.3 Å². The first-order valence-electron chi connectivity index (χ1n) is 9.07. The van der Waals surface area contributed by atoms with Gasteiger partial charge >= 0.3 is 0 Å². The molecule has 152 valence electrons. The van der Waals surface area contributed by atoms with E-state index in [9.17, 15) is 4.79 Å². The van der Waals surface area contributed by atoms with Gasteiger partial charge in [-0.2, -0.15) is 0 Å². The molecular formula is C20H27ClIN5O. The van der Waals surface area contributed by atoms with E-state index in [1.165, 1.54) is 0 Å². The summed E-state index contributed by atoms with van der Waals surface area (Å²) in [4.78, 5) is 20.7. The number of benzene rings is 1. The van der Waals surface area contributed by atoms with Gasteiger partial charge in [-0.05, 0) is 50.1 Å². The number of rotatable bonds is 8. The van der Waals surface area contributed by atoms with Gasteiger partial charge in [0.25, 0.3) is 0 Å². The van der Waals surface area contributed by atoms with Crippen LogP contribution in [0, 0.1) is 6.92 Å². The first kappa shape index (κ1) is 24.2. The molecule has 0 unspecified atom stereocenters. The van der Waals surface area contributed by atoms with Crippen molar-refractivity contribution in [2.45, 2.75) is 26.7 Å². The zero-order valence-electron chi connectivity index (χ0n) is 16.2. The molecule has 1 heterocycles. The number of aromatic nitrogens is 1. The van der Waals surface area contributed by atoms with Crippen molar-refractivity contribution in [2.24, 2.45) is 4.99 Å². The van der Waals surface area contributed by atoms with Crippen LogP contribution in [0.25, 0.3) is 0 Å². The molecular weight excluding hydrogens is 489 g/mol. The topological polar surface area (TPSA) is 78.4 Å². The third-order valence-electron chi connectivity index (χ3n) is 3.70. The molecule has 1 aromatic carbocycles. The summed E-state index contributed by atoms with van der Waals surface area (Å²) in [6, 6.07) is 13.3. The van der Waals surface area contributed by atoms with Crippen LogP contribution in [0.5, 0.6) is 0 Å². The molecule has 0 radical (unpaired) electrons. The zero-order chi connectivity index (χ0) is 19.5. The van der Waals surface area contributed by atoms with Crippen molar-refractivity contribution in [2.75, 3.05) is 25.0 Å². The van der Waals surface area contributed by atoms with Crippen LogP contribution in [-0.2, 0) is 11.2 Å². The van der Waals surface area contributed by atoms with Crippen LogP contribution in [-0.4, -0.2) is 36.5 Å². The SMILES string of the molecule is CCNC(=NCCC(=O)Nc1cccc(C)n1)NCCc1cccc(Cl)c1.I. The second kappa shape index (κ2) is 13.3. The zero-order valence-corrected chi connectivity index (χ0v) is 19.3. The number of pyridine rings is 1. The minimum absolute atomic E-state index is 0. The highest BCUT2D eigenvalue weighted by Crippen LogP contribution is 2.10. The Hall–Kier alpha value is -1.87. The predicted octanol–water partition coefficient (Wildman–Crippen LogP) is 3.79. The van der Waals surface area contributed by atoms with E-state index in [-0.39, 0.29) is 29.9 Å². The van der Waals surface area contributed by atoms with Gasteiger partial charge in [0.05, 0.1) is 6.54 Å². The average Bonchev–Trinajstić information content (AvgIpc) is 2.62. The number of hydrogen-bond donors (Lipinski definition) is 3. The Morgan fingerprint density at radius 1 is 1.18 bits per heavy atom. The molecule has 28 heavy (non-hydrogen) atoms. The summed E-state index contributed by atoms with van der Waals surface area (Å²) < 4.78 is 0. The van der Waals surface area contributed by atoms with Gasteiger partial charge in [0.1, 0.15) is 5.82 Å². The number of halogens is 2. The molecule has 6 nitrogen and oxygen atoms in total. The standard InChI is InChI=1S/C20H26ClN5O.HI/c1-3-22-20(23-12-10-16-7-5-8-17(21)14-16)24-13-11-19(27)26-18-9-4-6-15(2)25-18;/h4-9,14H,3,10-13H2,1-2H3,(H2,22,23,24)(H,25,26,27);1H. The quantitative estimate of drug-likeness (QED) is 0.284. The van der Waals surface area contributed by atoms with Crippen LogP contribution in [0.2, 0.25) is 5.02 Å². The lowest BCUT2D eigenvalue weighted by Gasteiger charge is -2.11.